The van der Waals surface area contributed by atoms with Crippen molar-refractivity contribution in [1.29, 1.82) is 0 Å². The van der Waals surface area contributed by atoms with E-state index in [4.69, 9.17) is 2.74 Å². The second-order valence-corrected chi connectivity index (χ2v) is 7.85. The van der Waals surface area contributed by atoms with E-state index in [0.717, 1.165) is 38.3 Å². The molecule has 0 bridgehead atoms. The van der Waals surface area contributed by atoms with Crippen molar-refractivity contribution in [3.8, 4) is 11.1 Å². The monoisotopic (exact) mass is 325 g/mol. The van der Waals surface area contributed by atoms with Gasteiger partial charge < -0.3 is 0 Å². The molecule has 1 aromatic heterocycles. The number of hydrogen-bond donors (Lipinski definition) is 0. The number of thiazole rings is 1. The largest absolute Gasteiger partial charge is 0.241 e. The summed E-state index contributed by atoms with van der Waals surface area (Å²) in [7, 11) is 0. The number of hydrogen-bond acceptors (Lipinski definition) is 2. The van der Waals surface area contributed by atoms with Gasteiger partial charge in [-0.1, -0.05) is 45.9 Å². The maximum atomic E-state index is 8.54. The molecule has 3 aromatic rings. The van der Waals surface area contributed by atoms with Crippen LogP contribution in [-0.2, 0) is 0 Å². The van der Waals surface area contributed by atoms with Gasteiger partial charge in [-0.25, -0.2) is 4.98 Å². The normalized spacial score (nSPS) is 14.0. The van der Waals surface area contributed by atoms with E-state index in [9.17, 15) is 0 Å². The number of aromatic nitrogens is 1. The third kappa shape index (κ3) is 3.05. The summed E-state index contributed by atoms with van der Waals surface area (Å²) in [6, 6.07) is 10.6. The Labute approximate surface area is 146 Å². The first-order chi connectivity index (χ1) is 11.5. The molecule has 1 nitrogen and oxygen atoms in total. The lowest BCUT2D eigenvalue weighted by Crippen LogP contribution is -2.00. The van der Waals surface area contributed by atoms with E-state index >= 15 is 0 Å². The van der Waals surface area contributed by atoms with E-state index in [1.54, 1.807) is 11.3 Å². The lowest BCUT2D eigenvalue weighted by molar-refractivity contribution is 0.818. The molecule has 1 heterocycles. The summed E-state index contributed by atoms with van der Waals surface area (Å²) in [6.45, 7) is 11.7. The van der Waals surface area contributed by atoms with Crippen molar-refractivity contribution in [2.75, 3.05) is 0 Å². The van der Waals surface area contributed by atoms with Gasteiger partial charge in [0.25, 0.3) is 0 Å². The molecule has 0 spiro atoms. The van der Waals surface area contributed by atoms with E-state index < -0.39 is 11.8 Å². The molecular weight excluding hydrogens is 298 g/mol. The summed E-state index contributed by atoms with van der Waals surface area (Å²) < 4.78 is 18.3. The SMILES string of the molecule is [2H]C(C)(C)c1cc(-c2ccc3sc(C)nc3c2)cc(C([2H])(C)C)c1C. The first-order valence-corrected chi connectivity index (χ1v) is 8.81. The highest BCUT2D eigenvalue weighted by molar-refractivity contribution is 7.18. The molecule has 0 saturated heterocycles. The van der Waals surface area contributed by atoms with E-state index in [-0.39, 0.29) is 0 Å². The first kappa shape index (κ1) is 13.7. The summed E-state index contributed by atoms with van der Waals surface area (Å²) in [5.74, 6) is -1.41. The van der Waals surface area contributed by atoms with Gasteiger partial charge in [-0.15, -0.1) is 11.3 Å². The van der Waals surface area contributed by atoms with Gasteiger partial charge in [0.05, 0.1) is 15.2 Å². The van der Waals surface area contributed by atoms with Crippen molar-refractivity contribution in [1.82, 2.24) is 4.98 Å². The molecule has 3 rings (SSSR count). The fourth-order valence-corrected chi connectivity index (χ4v) is 3.95. The summed E-state index contributed by atoms with van der Waals surface area (Å²) in [5.41, 5.74) is 6.18. The Bertz CT molecular complexity index is 908. The minimum absolute atomic E-state index is 0.707. The fourth-order valence-electron chi connectivity index (χ4n) is 3.14. The molecule has 120 valence electrons. The zero-order chi connectivity index (χ0) is 18.6. The zero-order valence-corrected chi connectivity index (χ0v) is 15.6. The van der Waals surface area contributed by atoms with Crippen LogP contribution in [0.25, 0.3) is 21.3 Å². The summed E-state index contributed by atoms with van der Waals surface area (Å²) in [4.78, 5) is 4.60. The number of fused-ring (bicyclic) bond motifs is 1. The summed E-state index contributed by atoms with van der Waals surface area (Å²) in [6.07, 6.45) is 0. The first-order valence-electron chi connectivity index (χ1n) is 9.00. The average molecular weight is 326 g/mol. The molecule has 0 N–H and O–H groups in total. The third-order valence-corrected chi connectivity index (χ3v) is 5.26. The van der Waals surface area contributed by atoms with Gasteiger partial charge in [-0.3, -0.25) is 0 Å². The lowest BCUT2D eigenvalue weighted by atomic mass is 9.86. The maximum Gasteiger partial charge on any atom is 0.0907 e. The van der Waals surface area contributed by atoms with Crippen LogP contribution in [0.3, 0.4) is 0 Å². The highest BCUT2D eigenvalue weighted by Gasteiger charge is 2.14. The van der Waals surface area contributed by atoms with Crippen LogP contribution in [0.4, 0.5) is 0 Å². The topological polar surface area (TPSA) is 12.9 Å². The van der Waals surface area contributed by atoms with E-state index in [1.807, 2.05) is 41.5 Å². The predicted molar refractivity (Wildman–Crippen MR) is 103 cm³/mol. The Morgan fingerprint density at radius 2 is 1.52 bits per heavy atom. The molecule has 0 aliphatic heterocycles. The standard InChI is InChI=1S/C21H25NS/c1-12(2)18-9-17(10-19(13(3)4)14(18)5)16-7-8-21-20(11-16)22-15(6)23-21/h7-13H,1-6H3/i12D,13D. The van der Waals surface area contributed by atoms with Gasteiger partial charge in [0, 0.05) is 2.74 Å². The molecule has 0 fully saturated rings. The van der Waals surface area contributed by atoms with Crippen LogP contribution in [0.1, 0.15) is 63.9 Å². The van der Waals surface area contributed by atoms with Crippen molar-refractivity contribution in [3.05, 3.63) is 52.0 Å². The van der Waals surface area contributed by atoms with E-state index in [2.05, 4.69) is 35.3 Å². The number of aryl methyl sites for hydroxylation is 1. The summed E-state index contributed by atoms with van der Waals surface area (Å²) in [5, 5.41) is 1.07. The van der Waals surface area contributed by atoms with E-state index in [1.165, 1.54) is 4.70 Å². The molecule has 2 heteroatoms. The molecule has 0 aliphatic carbocycles. The Morgan fingerprint density at radius 1 is 0.913 bits per heavy atom. The molecule has 0 saturated carbocycles. The highest BCUT2D eigenvalue weighted by atomic mass is 32.1. The maximum absolute atomic E-state index is 8.54. The van der Waals surface area contributed by atoms with Crippen LogP contribution < -0.4 is 0 Å². The zero-order valence-electron chi connectivity index (χ0n) is 16.7. The highest BCUT2D eigenvalue weighted by Crippen LogP contribution is 2.34. The molecular formula is C21H25NS. The minimum Gasteiger partial charge on any atom is -0.241 e. The van der Waals surface area contributed by atoms with Gasteiger partial charge >= 0.3 is 0 Å². The van der Waals surface area contributed by atoms with Crippen molar-refractivity contribution >= 4 is 21.6 Å². The van der Waals surface area contributed by atoms with Crippen molar-refractivity contribution in [3.63, 3.8) is 0 Å². The van der Waals surface area contributed by atoms with Crippen LogP contribution in [0, 0.1) is 13.8 Å². The minimum atomic E-state index is -0.707. The van der Waals surface area contributed by atoms with Gasteiger partial charge in [-0.2, -0.15) is 0 Å². The van der Waals surface area contributed by atoms with Gasteiger partial charge in [-0.05, 0) is 65.6 Å². The third-order valence-electron chi connectivity index (χ3n) is 4.31. The Balaban J connectivity index is 2.26. The smallest absolute Gasteiger partial charge is 0.0907 e. The van der Waals surface area contributed by atoms with Crippen LogP contribution >= 0.6 is 11.3 Å². The predicted octanol–water partition coefficient (Wildman–Crippen LogP) is 6.83. The van der Waals surface area contributed by atoms with Crippen LogP contribution in [0.15, 0.2) is 30.3 Å². The Hall–Kier alpha value is -1.67. The number of rotatable bonds is 3. The molecule has 0 radical (unpaired) electrons. The summed E-state index contributed by atoms with van der Waals surface area (Å²) >= 11 is 1.70. The molecule has 0 atom stereocenters. The molecule has 2 aromatic carbocycles. The van der Waals surface area contributed by atoms with Crippen molar-refractivity contribution in [2.24, 2.45) is 0 Å². The molecule has 0 amide bonds. The number of benzene rings is 2. The average Bonchev–Trinajstić information content (AvgIpc) is 2.84. The van der Waals surface area contributed by atoms with Crippen molar-refractivity contribution < 1.29 is 2.74 Å². The van der Waals surface area contributed by atoms with Crippen LogP contribution in [-0.4, -0.2) is 4.98 Å². The van der Waals surface area contributed by atoms with Crippen LogP contribution in [0.5, 0.6) is 0 Å². The van der Waals surface area contributed by atoms with Crippen LogP contribution in [0.2, 0.25) is 0 Å². The quantitative estimate of drug-likeness (QED) is 0.514. The van der Waals surface area contributed by atoms with Gasteiger partial charge in [0.1, 0.15) is 0 Å². The Morgan fingerprint density at radius 3 is 2.09 bits per heavy atom. The molecule has 0 unspecified atom stereocenters. The van der Waals surface area contributed by atoms with Crippen molar-refractivity contribution in [2.45, 2.75) is 53.3 Å². The van der Waals surface area contributed by atoms with Gasteiger partial charge in [0.15, 0.2) is 0 Å². The molecule has 23 heavy (non-hydrogen) atoms. The fraction of sp³-hybridized carbons (Fsp3) is 0.381. The second-order valence-electron chi connectivity index (χ2n) is 6.61. The number of nitrogens with zero attached hydrogens (tertiary/aromatic N) is 1. The lowest BCUT2D eigenvalue weighted by Gasteiger charge is -2.19. The van der Waals surface area contributed by atoms with E-state index in [0.29, 0.717) is 0 Å². The Kier molecular flexibility index (Phi) is 3.64. The second kappa shape index (κ2) is 6.09. The van der Waals surface area contributed by atoms with Gasteiger partial charge in [0.2, 0.25) is 0 Å². The molecule has 0 aliphatic rings.